The molecule has 0 spiro atoms. The Morgan fingerprint density at radius 1 is 0.333 bits per heavy atom. The van der Waals surface area contributed by atoms with Crippen molar-refractivity contribution in [3.05, 3.63) is 212 Å². The predicted octanol–water partition coefficient (Wildman–Crippen LogP) is 16.1. The van der Waals surface area contributed by atoms with Gasteiger partial charge in [0.15, 0.2) is 5.58 Å². The number of thiophene rings is 1. The highest BCUT2D eigenvalue weighted by Gasteiger charge is 2.22. The van der Waals surface area contributed by atoms with Crippen molar-refractivity contribution >= 4 is 70.5 Å². The van der Waals surface area contributed by atoms with Gasteiger partial charge >= 0.3 is 0 Å². The van der Waals surface area contributed by atoms with E-state index in [1.807, 2.05) is 17.4 Å². The monoisotopic (exact) mass is 745 g/mol. The molecule has 0 unspecified atom stereocenters. The SMILES string of the molecule is c1ccc(-c2ccccc2-c2ccc(N(c3ccc(-c4ccccc4)c(-c4ccc5c(c4)sc4ccccc45)c3)c3cccc4c3oc3ccccc34)cc2)cc1. The molecule has 0 N–H and O–H groups in total. The van der Waals surface area contributed by atoms with Gasteiger partial charge in [-0.25, -0.2) is 0 Å². The number of benzene rings is 9. The summed E-state index contributed by atoms with van der Waals surface area (Å²) < 4.78 is 9.30. The van der Waals surface area contributed by atoms with Crippen molar-refractivity contribution in [3.63, 3.8) is 0 Å². The Bertz CT molecular complexity index is 3230. The summed E-state index contributed by atoms with van der Waals surface area (Å²) in [6, 6.07) is 76.3. The Hall–Kier alpha value is -7.20. The van der Waals surface area contributed by atoms with E-state index in [1.165, 1.54) is 59.1 Å². The number of hydrogen-bond donors (Lipinski definition) is 0. The van der Waals surface area contributed by atoms with Crippen molar-refractivity contribution in [2.24, 2.45) is 0 Å². The van der Waals surface area contributed by atoms with Crippen molar-refractivity contribution in [1.82, 2.24) is 0 Å². The molecular formula is C54H35NOS. The lowest BCUT2D eigenvalue weighted by atomic mass is 9.93. The van der Waals surface area contributed by atoms with Crippen molar-refractivity contribution < 1.29 is 4.42 Å². The van der Waals surface area contributed by atoms with E-state index < -0.39 is 0 Å². The minimum atomic E-state index is 0.859. The van der Waals surface area contributed by atoms with E-state index in [4.69, 9.17) is 4.42 Å². The first-order chi connectivity index (χ1) is 28.3. The third-order valence-electron chi connectivity index (χ3n) is 11.1. The summed E-state index contributed by atoms with van der Waals surface area (Å²) in [5, 5.41) is 4.81. The van der Waals surface area contributed by atoms with E-state index in [1.54, 1.807) is 0 Å². The molecule has 9 aromatic carbocycles. The van der Waals surface area contributed by atoms with E-state index in [-0.39, 0.29) is 0 Å². The molecule has 0 atom stereocenters. The average molecular weight is 746 g/mol. The molecule has 2 heterocycles. The molecular weight excluding hydrogens is 711 g/mol. The van der Waals surface area contributed by atoms with Crippen LogP contribution in [0.15, 0.2) is 217 Å². The molecule has 268 valence electrons. The molecule has 0 saturated carbocycles. The molecule has 0 amide bonds. The highest BCUT2D eigenvalue weighted by Crippen LogP contribution is 2.46. The van der Waals surface area contributed by atoms with Crippen LogP contribution in [-0.4, -0.2) is 0 Å². The van der Waals surface area contributed by atoms with E-state index >= 15 is 0 Å². The molecule has 11 aromatic rings. The van der Waals surface area contributed by atoms with Gasteiger partial charge in [0.2, 0.25) is 0 Å². The molecule has 0 radical (unpaired) electrons. The summed E-state index contributed by atoms with van der Waals surface area (Å²) in [7, 11) is 0. The van der Waals surface area contributed by atoms with Gasteiger partial charge in [-0.1, -0.05) is 164 Å². The molecule has 0 aliphatic rings. The first-order valence-corrected chi connectivity index (χ1v) is 20.1. The Labute approximate surface area is 335 Å². The fourth-order valence-electron chi connectivity index (χ4n) is 8.40. The largest absolute Gasteiger partial charge is 0.454 e. The van der Waals surface area contributed by atoms with Gasteiger partial charge in [-0.05, 0) is 93.0 Å². The maximum absolute atomic E-state index is 6.71. The molecule has 0 bridgehead atoms. The number of nitrogens with zero attached hydrogens (tertiary/aromatic N) is 1. The lowest BCUT2D eigenvalue weighted by Gasteiger charge is -2.27. The highest BCUT2D eigenvalue weighted by molar-refractivity contribution is 7.25. The lowest BCUT2D eigenvalue weighted by molar-refractivity contribution is 0.669. The summed E-state index contributed by atoms with van der Waals surface area (Å²) in [5.41, 5.74) is 14.3. The number of hydrogen-bond acceptors (Lipinski definition) is 3. The summed E-state index contributed by atoms with van der Waals surface area (Å²) in [6.45, 7) is 0. The van der Waals surface area contributed by atoms with Crippen LogP contribution in [0.2, 0.25) is 0 Å². The van der Waals surface area contributed by atoms with Crippen molar-refractivity contribution in [2.75, 3.05) is 4.90 Å². The van der Waals surface area contributed by atoms with Gasteiger partial charge in [-0.2, -0.15) is 0 Å². The maximum atomic E-state index is 6.71. The van der Waals surface area contributed by atoms with E-state index in [0.717, 1.165) is 44.6 Å². The Morgan fingerprint density at radius 3 is 1.65 bits per heavy atom. The van der Waals surface area contributed by atoms with Crippen LogP contribution in [-0.2, 0) is 0 Å². The Balaban J connectivity index is 1.12. The topological polar surface area (TPSA) is 16.4 Å². The molecule has 57 heavy (non-hydrogen) atoms. The van der Waals surface area contributed by atoms with Gasteiger partial charge in [-0.15, -0.1) is 11.3 Å². The van der Waals surface area contributed by atoms with Crippen LogP contribution in [0.4, 0.5) is 17.1 Å². The smallest absolute Gasteiger partial charge is 0.159 e. The van der Waals surface area contributed by atoms with E-state index in [9.17, 15) is 0 Å². The number of furan rings is 1. The van der Waals surface area contributed by atoms with Gasteiger partial charge in [0.1, 0.15) is 5.58 Å². The van der Waals surface area contributed by atoms with Crippen LogP contribution in [0.1, 0.15) is 0 Å². The van der Waals surface area contributed by atoms with Crippen LogP contribution < -0.4 is 4.90 Å². The summed E-state index contributed by atoms with van der Waals surface area (Å²) in [6.07, 6.45) is 0. The number of fused-ring (bicyclic) bond motifs is 6. The standard InChI is InChI=1S/C54H35NOS/c1-3-14-36(15-4-1)42-18-7-8-19-43(42)38-26-29-40(30-27-38)55(50-23-13-22-48-45-20-9-11-24-51(45)56-54(48)50)41-31-33-44(37-16-5-2-6-17-37)49(35-41)39-28-32-47-46-21-10-12-25-52(46)57-53(47)34-39/h1-35H. The molecule has 2 nitrogen and oxygen atoms in total. The van der Waals surface area contributed by atoms with Crippen LogP contribution in [0.3, 0.4) is 0 Å². The second kappa shape index (κ2) is 13.8. The fourth-order valence-corrected chi connectivity index (χ4v) is 9.55. The Morgan fingerprint density at radius 2 is 0.895 bits per heavy atom. The summed E-state index contributed by atoms with van der Waals surface area (Å²) >= 11 is 1.86. The van der Waals surface area contributed by atoms with Gasteiger partial charge in [0.05, 0.1) is 5.69 Å². The minimum Gasteiger partial charge on any atom is -0.454 e. The van der Waals surface area contributed by atoms with Gasteiger partial charge in [0, 0.05) is 42.3 Å². The normalized spacial score (nSPS) is 11.5. The van der Waals surface area contributed by atoms with Crippen molar-refractivity contribution in [2.45, 2.75) is 0 Å². The van der Waals surface area contributed by atoms with Gasteiger partial charge in [0.25, 0.3) is 0 Å². The third kappa shape index (κ3) is 5.80. The quantitative estimate of drug-likeness (QED) is 0.162. The summed E-state index contributed by atoms with van der Waals surface area (Å²) in [4.78, 5) is 2.35. The van der Waals surface area contributed by atoms with Crippen LogP contribution >= 0.6 is 11.3 Å². The minimum absolute atomic E-state index is 0.859. The molecule has 2 aromatic heterocycles. The predicted molar refractivity (Wildman–Crippen MR) is 243 cm³/mol. The zero-order valence-corrected chi connectivity index (χ0v) is 31.8. The molecule has 11 rings (SSSR count). The van der Waals surface area contributed by atoms with Crippen molar-refractivity contribution in [1.29, 1.82) is 0 Å². The van der Waals surface area contributed by atoms with Gasteiger partial charge < -0.3 is 9.32 Å². The first-order valence-electron chi connectivity index (χ1n) is 19.3. The Kier molecular flexibility index (Phi) is 8.04. The molecule has 0 fully saturated rings. The van der Waals surface area contributed by atoms with Crippen LogP contribution in [0.25, 0.3) is 86.6 Å². The van der Waals surface area contributed by atoms with Gasteiger partial charge in [-0.3, -0.25) is 0 Å². The lowest BCUT2D eigenvalue weighted by Crippen LogP contribution is -2.10. The molecule has 3 heteroatoms. The van der Waals surface area contributed by atoms with Crippen molar-refractivity contribution in [3.8, 4) is 44.5 Å². The number of para-hydroxylation sites is 2. The third-order valence-corrected chi connectivity index (χ3v) is 12.2. The van der Waals surface area contributed by atoms with Crippen LogP contribution in [0.5, 0.6) is 0 Å². The number of rotatable bonds is 7. The molecule has 0 saturated heterocycles. The first kappa shape index (κ1) is 33.2. The zero-order chi connectivity index (χ0) is 37.7. The molecule has 0 aliphatic heterocycles. The number of anilines is 3. The average Bonchev–Trinajstić information content (AvgIpc) is 3.86. The van der Waals surface area contributed by atoms with E-state index in [0.29, 0.717) is 0 Å². The van der Waals surface area contributed by atoms with E-state index in [2.05, 4.69) is 211 Å². The summed E-state index contributed by atoms with van der Waals surface area (Å²) in [5.74, 6) is 0. The second-order valence-corrected chi connectivity index (χ2v) is 15.5. The fraction of sp³-hybridized carbons (Fsp3) is 0. The maximum Gasteiger partial charge on any atom is 0.159 e. The molecule has 0 aliphatic carbocycles. The second-order valence-electron chi connectivity index (χ2n) is 14.5. The highest BCUT2D eigenvalue weighted by atomic mass is 32.1. The van der Waals surface area contributed by atoms with Crippen LogP contribution in [0, 0.1) is 0 Å². The zero-order valence-electron chi connectivity index (χ0n) is 31.0.